The van der Waals surface area contributed by atoms with E-state index in [2.05, 4.69) is 5.32 Å². The van der Waals surface area contributed by atoms with E-state index in [0.29, 0.717) is 0 Å². The van der Waals surface area contributed by atoms with E-state index in [1.807, 2.05) is 13.8 Å². The molecule has 0 aliphatic rings. The van der Waals surface area contributed by atoms with Crippen molar-refractivity contribution in [2.45, 2.75) is 33.3 Å². The van der Waals surface area contributed by atoms with Crippen molar-refractivity contribution in [1.82, 2.24) is 5.32 Å². The Morgan fingerprint density at radius 3 is 2.15 bits per heavy atom. The molecule has 13 heavy (non-hydrogen) atoms. The van der Waals surface area contributed by atoms with Gasteiger partial charge in [0.2, 0.25) is 5.91 Å². The van der Waals surface area contributed by atoms with Gasteiger partial charge in [-0.25, -0.2) is 4.79 Å². The van der Waals surface area contributed by atoms with Gasteiger partial charge in [-0.15, -0.1) is 0 Å². The van der Waals surface area contributed by atoms with E-state index in [1.165, 1.54) is 0 Å². The van der Waals surface area contributed by atoms with E-state index >= 15 is 0 Å². The van der Waals surface area contributed by atoms with Crippen molar-refractivity contribution < 1.29 is 19.8 Å². The summed E-state index contributed by atoms with van der Waals surface area (Å²) in [5.41, 5.74) is 0. The van der Waals surface area contributed by atoms with E-state index in [4.69, 9.17) is 10.2 Å². The minimum absolute atomic E-state index is 0.234. The van der Waals surface area contributed by atoms with Gasteiger partial charge >= 0.3 is 5.97 Å². The molecule has 0 rings (SSSR count). The Kier molecular flexibility index (Phi) is 9.98. The highest BCUT2D eigenvalue weighted by molar-refractivity contribution is 5.77. The number of aliphatic hydroxyl groups excluding tert-OH is 1. The van der Waals surface area contributed by atoms with Crippen molar-refractivity contribution in [3.63, 3.8) is 0 Å². The van der Waals surface area contributed by atoms with Gasteiger partial charge in [0.25, 0.3) is 0 Å². The summed E-state index contributed by atoms with van der Waals surface area (Å²) in [5.74, 6) is -1.60. The predicted molar refractivity (Wildman–Crippen MR) is 48.3 cm³/mol. The van der Waals surface area contributed by atoms with Gasteiger partial charge in [-0.1, -0.05) is 20.8 Å². The second-order valence-corrected chi connectivity index (χ2v) is 2.01. The van der Waals surface area contributed by atoms with Crippen molar-refractivity contribution in [3.8, 4) is 0 Å². The van der Waals surface area contributed by atoms with Crippen molar-refractivity contribution in [1.29, 1.82) is 0 Å². The zero-order valence-corrected chi connectivity index (χ0v) is 8.20. The third kappa shape index (κ3) is 8.81. The van der Waals surface area contributed by atoms with Crippen LogP contribution in [0, 0.1) is 0 Å². The summed E-state index contributed by atoms with van der Waals surface area (Å²) >= 11 is 0. The smallest absolute Gasteiger partial charge is 0.334 e. The maximum atomic E-state index is 10.5. The van der Waals surface area contributed by atoms with Crippen LogP contribution in [0.4, 0.5) is 0 Å². The minimum atomic E-state index is -1.51. The summed E-state index contributed by atoms with van der Waals surface area (Å²) in [5, 5.41) is 19.1. The van der Waals surface area contributed by atoms with E-state index in [-0.39, 0.29) is 18.9 Å². The van der Waals surface area contributed by atoms with E-state index in [0.717, 1.165) is 0 Å². The third-order valence-electron chi connectivity index (χ3n) is 1.10. The molecule has 0 heterocycles. The van der Waals surface area contributed by atoms with Crippen LogP contribution >= 0.6 is 0 Å². The molecule has 3 N–H and O–H groups in total. The standard InChI is InChI=1S/C6H11NO4.C2H6/c1-2-5(9)7-3-4(8)6(10)11;1-2/h4,8H,2-3H2,1H3,(H,7,9)(H,10,11);1-2H3. The zero-order chi connectivity index (χ0) is 10.9. The Bertz CT molecular complexity index is 158. The number of aliphatic carboxylic acids is 1. The lowest BCUT2D eigenvalue weighted by Gasteiger charge is -2.05. The molecule has 0 fully saturated rings. The average molecular weight is 191 g/mol. The molecule has 5 heteroatoms. The molecule has 5 nitrogen and oxygen atoms in total. The van der Waals surface area contributed by atoms with Crippen LogP contribution in [0.25, 0.3) is 0 Å². The molecular formula is C8H17NO4. The fraction of sp³-hybridized carbons (Fsp3) is 0.750. The molecule has 78 valence electrons. The fourth-order valence-corrected chi connectivity index (χ4v) is 0.423. The Labute approximate surface area is 77.8 Å². The molecule has 0 aromatic rings. The zero-order valence-electron chi connectivity index (χ0n) is 8.20. The van der Waals surface area contributed by atoms with Crippen LogP contribution in [0.1, 0.15) is 27.2 Å². The number of amides is 1. The topological polar surface area (TPSA) is 86.6 Å². The summed E-state index contributed by atoms with van der Waals surface area (Å²) < 4.78 is 0. The third-order valence-corrected chi connectivity index (χ3v) is 1.10. The highest BCUT2D eigenvalue weighted by Gasteiger charge is 2.12. The van der Waals surface area contributed by atoms with E-state index < -0.39 is 12.1 Å². The molecule has 0 aliphatic carbocycles. The van der Waals surface area contributed by atoms with Gasteiger partial charge in [0, 0.05) is 6.42 Å². The lowest BCUT2D eigenvalue weighted by molar-refractivity contribution is -0.146. The number of carboxylic acid groups (broad SMARTS) is 1. The van der Waals surface area contributed by atoms with Gasteiger partial charge in [0.15, 0.2) is 6.10 Å². The van der Waals surface area contributed by atoms with Gasteiger partial charge in [-0.05, 0) is 0 Å². The minimum Gasteiger partial charge on any atom is -0.479 e. The molecular weight excluding hydrogens is 174 g/mol. The number of nitrogens with one attached hydrogen (secondary N) is 1. The number of rotatable bonds is 4. The molecule has 0 aromatic carbocycles. The normalized spacial score (nSPS) is 10.8. The SMILES string of the molecule is CC.CCC(=O)NCC(O)C(=O)O. The van der Waals surface area contributed by atoms with Crippen LogP contribution in [0.2, 0.25) is 0 Å². The lowest BCUT2D eigenvalue weighted by Crippen LogP contribution is -2.36. The molecule has 0 aliphatic heterocycles. The van der Waals surface area contributed by atoms with Gasteiger partial charge in [0.05, 0.1) is 6.54 Å². The first-order valence-electron chi connectivity index (χ1n) is 4.25. The van der Waals surface area contributed by atoms with Gasteiger partial charge in [0.1, 0.15) is 0 Å². The molecule has 1 unspecified atom stereocenters. The monoisotopic (exact) mass is 191 g/mol. The van der Waals surface area contributed by atoms with Crippen LogP contribution < -0.4 is 5.32 Å². The molecule has 0 saturated carbocycles. The van der Waals surface area contributed by atoms with Gasteiger partial charge in [-0.2, -0.15) is 0 Å². The summed E-state index contributed by atoms with van der Waals surface area (Å²) in [6.45, 7) is 5.41. The Morgan fingerprint density at radius 1 is 1.38 bits per heavy atom. The highest BCUT2D eigenvalue weighted by Crippen LogP contribution is 1.81. The maximum Gasteiger partial charge on any atom is 0.334 e. The second kappa shape index (κ2) is 8.99. The molecule has 0 saturated heterocycles. The number of aliphatic hydroxyl groups is 1. The van der Waals surface area contributed by atoms with Gasteiger partial charge in [-0.3, -0.25) is 4.79 Å². The molecule has 0 spiro atoms. The summed E-state index contributed by atoms with van der Waals surface area (Å²) in [4.78, 5) is 20.5. The maximum absolute atomic E-state index is 10.5. The number of carbonyl (C=O) groups is 2. The molecule has 0 bridgehead atoms. The lowest BCUT2D eigenvalue weighted by atomic mass is 10.3. The van der Waals surface area contributed by atoms with Crippen molar-refractivity contribution in [2.75, 3.05) is 6.54 Å². The van der Waals surface area contributed by atoms with Crippen molar-refractivity contribution in [2.24, 2.45) is 0 Å². The van der Waals surface area contributed by atoms with Crippen LogP contribution in [-0.4, -0.2) is 34.7 Å². The first kappa shape index (κ1) is 14.4. The van der Waals surface area contributed by atoms with Crippen molar-refractivity contribution in [3.05, 3.63) is 0 Å². The first-order chi connectivity index (χ1) is 6.07. The second-order valence-electron chi connectivity index (χ2n) is 2.01. The summed E-state index contributed by atoms with van der Waals surface area (Å²) in [6, 6.07) is 0. The summed E-state index contributed by atoms with van der Waals surface area (Å²) in [7, 11) is 0. The Balaban J connectivity index is 0. The van der Waals surface area contributed by atoms with Crippen molar-refractivity contribution >= 4 is 11.9 Å². The number of hydrogen-bond acceptors (Lipinski definition) is 3. The summed E-state index contributed by atoms with van der Waals surface area (Å²) in [6.07, 6.45) is -1.22. The molecule has 1 amide bonds. The van der Waals surface area contributed by atoms with Crippen LogP contribution in [0.15, 0.2) is 0 Å². The quantitative estimate of drug-likeness (QED) is 0.583. The molecule has 1 atom stereocenters. The van der Waals surface area contributed by atoms with E-state index in [1.54, 1.807) is 6.92 Å². The largest absolute Gasteiger partial charge is 0.479 e. The van der Waals surface area contributed by atoms with Crippen LogP contribution in [0.3, 0.4) is 0 Å². The number of hydrogen-bond donors (Lipinski definition) is 3. The molecule has 0 radical (unpaired) electrons. The van der Waals surface area contributed by atoms with Crippen LogP contribution in [-0.2, 0) is 9.59 Å². The van der Waals surface area contributed by atoms with Gasteiger partial charge < -0.3 is 15.5 Å². The predicted octanol–water partition coefficient (Wildman–Crippen LogP) is -0.0157. The number of carbonyl (C=O) groups excluding carboxylic acids is 1. The first-order valence-corrected chi connectivity index (χ1v) is 4.25. The average Bonchev–Trinajstić information content (AvgIpc) is 2.16. The Hall–Kier alpha value is -1.10. The number of carboxylic acids is 1. The van der Waals surface area contributed by atoms with Crippen LogP contribution in [0.5, 0.6) is 0 Å². The highest BCUT2D eigenvalue weighted by atomic mass is 16.4. The fourth-order valence-electron chi connectivity index (χ4n) is 0.423. The van der Waals surface area contributed by atoms with E-state index in [9.17, 15) is 9.59 Å². The molecule has 0 aromatic heterocycles. The Morgan fingerprint density at radius 2 is 1.85 bits per heavy atom.